The van der Waals surface area contributed by atoms with Crippen molar-refractivity contribution in [1.29, 1.82) is 0 Å². The van der Waals surface area contributed by atoms with Crippen LogP contribution < -0.4 is 14.4 Å². The molecule has 208 valence electrons. The number of thiazole rings is 1. The second kappa shape index (κ2) is 13.1. The lowest BCUT2D eigenvalue weighted by atomic mass is 10.2. The van der Waals surface area contributed by atoms with Gasteiger partial charge in [-0.25, -0.2) is 13.4 Å². The molecule has 2 heterocycles. The molecule has 4 rings (SSSR count). The molecule has 2 aromatic carbocycles. The fourth-order valence-corrected chi connectivity index (χ4v) is 6.70. The lowest BCUT2D eigenvalue weighted by molar-refractivity contribution is 0.0985. The van der Waals surface area contributed by atoms with Crippen molar-refractivity contribution < 1.29 is 22.7 Å². The van der Waals surface area contributed by atoms with Crippen LogP contribution in [0.25, 0.3) is 10.2 Å². The summed E-state index contributed by atoms with van der Waals surface area (Å²) in [4.78, 5) is 22.2. The Hall–Kier alpha value is -2.44. The number of aromatic nitrogens is 1. The van der Waals surface area contributed by atoms with Gasteiger partial charge in [0.1, 0.15) is 13.2 Å². The predicted octanol–water partition coefficient (Wildman–Crippen LogP) is 4.51. The molecule has 0 spiro atoms. The van der Waals surface area contributed by atoms with Crippen LogP contribution in [0.4, 0.5) is 5.13 Å². The Kier molecular flexibility index (Phi) is 10.4. The SMILES string of the molecule is CCCN(CCC)S(=O)(=O)c1ccc(C(=O)N(CCN(C)C)c2nc3cc4c(cc3s2)OCCO4)cc1.Cl. The number of sulfonamides is 1. The highest BCUT2D eigenvalue weighted by Crippen LogP contribution is 2.39. The molecule has 0 fully saturated rings. The quantitative estimate of drug-likeness (QED) is 0.328. The normalized spacial score (nSPS) is 13.1. The van der Waals surface area contributed by atoms with Crippen LogP contribution in [-0.4, -0.2) is 82.0 Å². The first-order valence-electron chi connectivity index (χ1n) is 12.5. The van der Waals surface area contributed by atoms with E-state index in [2.05, 4.69) is 0 Å². The molecule has 1 aliphatic heterocycles. The number of amides is 1. The molecule has 0 aliphatic carbocycles. The second-order valence-corrected chi connectivity index (χ2v) is 12.1. The van der Waals surface area contributed by atoms with Gasteiger partial charge in [0.15, 0.2) is 16.6 Å². The number of hydrogen-bond acceptors (Lipinski definition) is 8. The van der Waals surface area contributed by atoms with E-state index in [1.165, 1.54) is 27.8 Å². The number of rotatable bonds is 11. The Balaban J connectivity index is 0.00000400. The van der Waals surface area contributed by atoms with Crippen LogP contribution >= 0.6 is 23.7 Å². The summed E-state index contributed by atoms with van der Waals surface area (Å²) in [5.41, 5.74) is 1.14. The molecule has 0 N–H and O–H groups in total. The molecule has 0 saturated carbocycles. The molecule has 0 bridgehead atoms. The van der Waals surface area contributed by atoms with Gasteiger partial charge in [-0.15, -0.1) is 12.4 Å². The molecule has 0 unspecified atom stereocenters. The average Bonchev–Trinajstić information content (AvgIpc) is 3.29. The Labute approximate surface area is 234 Å². The predicted molar refractivity (Wildman–Crippen MR) is 154 cm³/mol. The van der Waals surface area contributed by atoms with E-state index in [0.29, 0.717) is 61.6 Å². The van der Waals surface area contributed by atoms with Gasteiger partial charge in [-0.3, -0.25) is 9.69 Å². The summed E-state index contributed by atoms with van der Waals surface area (Å²) >= 11 is 1.41. The van der Waals surface area contributed by atoms with E-state index in [1.807, 2.05) is 45.0 Å². The molecule has 12 heteroatoms. The van der Waals surface area contributed by atoms with Gasteiger partial charge in [0.05, 0.1) is 15.1 Å². The van der Waals surface area contributed by atoms with Crippen molar-refractivity contribution in [3.05, 3.63) is 42.0 Å². The van der Waals surface area contributed by atoms with Crippen molar-refractivity contribution >= 4 is 55.0 Å². The zero-order chi connectivity index (χ0) is 26.6. The number of nitrogens with zero attached hydrogens (tertiary/aromatic N) is 4. The van der Waals surface area contributed by atoms with Gasteiger partial charge in [0, 0.05) is 43.9 Å². The molecule has 1 amide bonds. The second-order valence-electron chi connectivity index (χ2n) is 9.15. The standard InChI is InChI=1S/C26H34N4O5S2.ClH/c1-5-11-29(12-6-2)37(32,33)20-9-7-19(8-10-20)25(31)30(14-13-28(3)4)26-27-21-17-22-23(18-24(21)36-26)35-16-15-34-22;/h7-10,17-18H,5-6,11-16H2,1-4H3;1H. The molecular formula is C26H35ClN4O5S2. The molecule has 9 nitrogen and oxygen atoms in total. The summed E-state index contributed by atoms with van der Waals surface area (Å²) < 4.78 is 40.0. The van der Waals surface area contributed by atoms with Crippen LogP contribution in [0.5, 0.6) is 11.5 Å². The summed E-state index contributed by atoms with van der Waals surface area (Å²) in [5, 5.41) is 0.568. The Morgan fingerprint density at radius 1 is 0.947 bits per heavy atom. The van der Waals surface area contributed by atoms with Gasteiger partial charge in [-0.2, -0.15) is 4.31 Å². The number of fused-ring (bicyclic) bond motifs is 2. The van der Waals surface area contributed by atoms with E-state index in [-0.39, 0.29) is 23.2 Å². The first-order valence-corrected chi connectivity index (χ1v) is 14.8. The minimum atomic E-state index is -3.62. The molecule has 3 aromatic rings. The lowest BCUT2D eigenvalue weighted by Gasteiger charge is -2.23. The number of ether oxygens (including phenoxy) is 2. The maximum Gasteiger partial charge on any atom is 0.260 e. The zero-order valence-electron chi connectivity index (χ0n) is 22.2. The Morgan fingerprint density at radius 3 is 2.13 bits per heavy atom. The van der Waals surface area contributed by atoms with Crippen LogP contribution in [0.1, 0.15) is 37.0 Å². The van der Waals surface area contributed by atoms with Crippen LogP contribution in [0.2, 0.25) is 0 Å². The molecule has 0 saturated heterocycles. The van der Waals surface area contributed by atoms with Crippen molar-refractivity contribution in [2.45, 2.75) is 31.6 Å². The third-order valence-corrected chi connectivity index (χ3v) is 8.93. The van der Waals surface area contributed by atoms with Crippen molar-refractivity contribution in [2.75, 3.05) is 58.4 Å². The summed E-state index contributed by atoms with van der Waals surface area (Å²) in [7, 11) is 0.273. The highest BCUT2D eigenvalue weighted by molar-refractivity contribution is 7.89. The number of anilines is 1. The van der Waals surface area contributed by atoms with Crippen molar-refractivity contribution in [2.24, 2.45) is 0 Å². The van der Waals surface area contributed by atoms with Gasteiger partial charge in [-0.05, 0) is 51.2 Å². The number of hydrogen-bond donors (Lipinski definition) is 0. The molecular weight excluding hydrogens is 548 g/mol. The van der Waals surface area contributed by atoms with E-state index < -0.39 is 10.0 Å². The monoisotopic (exact) mass is 582 g/mol. The lowest BCUT2D eigenvalue weighted by Crippen LogP contribution is -2.36. The highest BCUT2D eigenvalue weighted by Gasteiger charge is 2.26. The van der Waals surface area contributed by atoms with E-state index in [0.717, 1.165) is 23.1 Å². The van der Waals surface area contributed by atoms with Crippen LogP contribution in [-0.2, 0) is 10.0 Å². The molecule has 1 aromatic heterocycles. The average molecular weight is 583 g/mol. The van der Waals surface area contributed by atoms with Gasteiger partial charge in [0.25, 0.3) is 5.91 Å². The van der Waals surface area contributed by atoms with Crippen LogP contribution in [0.3, 0.4) is 0 Å². The zero-order valence-corrected chi connectivity index (χ0v) is 24.6. The Morgan fingerprint density at radius 2 is 1.55 bits per heavy atom. The summed E-state index contributed by atoms with van der Waals surface area (Å²) in [6, 6.07) is 9.95. The number of benzene rings is 2. The van der Waals surface area contributed by atoms with E-state index in [4.69, 9.17) is 14.5 Å². The first-order chi connectivity index (χ1) is 17.7. The van der Waals surface area contributed by atoms with Gasteiger partial charge < -0.3 is 14.4 Å². The highest BCUT2D eigenvalue weighted by atomic mass is 35.5. The van der Waals surface area contributed by atoms with Crippen molar-refractivity contribution in [3.8, 4) is 11.5 Å². The molecule has 0 atom stereocenters. The van der Waals surface area contributed by atoms with E-state index in [1.54, 1.807) is 17.0 Å². The first kappa shape index (κ1) is 30.1. The number of carbonyl (C=O) groups is 1. The molecule has 38 heavy (non-hydrogen) atoms. The Bertz CT molecular complexity index is 1300. The topological polar surface area (TPSA) is 92.3 Å². The van der Waals surface area contributed by atoms with Gasteiger partial charge in [-0.1, -0.05) is 25.2 Å². The number of halogens is 1. The number of likely N-dealkylation sites (N-methyl/N-ethyl adjacent to an activating group) is 1. The van der Waals surface area contributed by atoms with Crippen LogP contribution in [0.15, 0.2) is 41.3 Å². The van der Waals surface area contributed by atoms with Crippen molar-refractivity contribution in [1.82, 2.24) is 14.2 Å². The summed E-state index contributed by atoms with van der Waals surface area (Å²) in [6.07, 6.45) is 1.47. The third-order valence-electron chi connectivity index (χ3n) is 5.97. The fraction of sp³-hybridized carbons (Fsp3) is 0.462. The smallest absolute Gasteiger partial charge is 0.260 e. The summed E-state index contributed by atoms with van der Waals surface area (Å²) in [5.74, 6) is 1.09. The maximum atomic E-state index is 13.7. The minimum absolute atomic E-state index is 0. The van der Waals surface area contributed by atoms with Crippen molar-refractivity contribution in [3.63, 3.8) is 0 Å². The molecule has 0 radical (unpaired) electrons. The van der Waals surface area contributed by atoms with Gasteiger partial charge in [0.2, 0.25) is 10.0 Å². The maximum absolute atomic E-state index is 13.7. The minimum Gasteiger partial charge on any atom is -0.486 e. The largest absolute Gasteiger partial charge is 0.486 e. The third kappa shape index (κ3) is 6.58. The van der Waals surface area contributed by atoms with Gasteiger partial charge >= 0.3 is 0 Å². The van der Waals surface area contributed by atoms with E-state index in [9.17, 15) is 13.2 Å². The summed E-state index contributed by atoms with van der Waals surface area (Å²) in [6.45, 7) is 6.90. The molecule has 1 aliphatic rings. The van der Waals surface area contributed by atoms with E-state index >= 15 is 0 Å². The number of carbonyl (C=O) groups excluding carboxylic acids is 1. The van der Waals surface area contributed by atoms with Crippen LogP contribution in [0, 0.1) is 0 Å². The fourth-order valence-electron chi connectivity index (χ4n) is 4.08.